The number of imide groups is 1. The minimum absolute atomic E-state index is 0.0865. The molecule has 0 radical (unpaired) electrons. The Bertz CT molecular complexity index is 715. The maximum atomic E-state index is 12.0. The van der Waals surface area contributed by atoms with Crippen molar-refractivity contribution in [1.29, 1.82) is 0 Å². The second kappa shape index (κ2) is 4.86. The molecule has 1 aliphatic heterocycles. The molecular formula is C14H11N3O4. The summed E-state index contributed by atoms with van der Waals surface area (Å²) in [6.45, 7) is 1.87. The Morgan fingerprint density at radius 2 is 1.86 bits per heavy atom. The fraction of sp³-hybridized carbons (Fsp3) is 0.143. The molecule has 0 fully saturated rings. The molecule has 0 saturated carbocycles. The minimum Gasteiger partial charge on any atom is -0.336 e. The number of aromatic nitrogens is 2. The van der Waals surface area contributed by atoms with Gasteiger partial charge < -0.3 is 9.82 Å². The molecule has 1 aliphatic rings. The first-order chi connectivity index (χ1) is 10.1. The van der Waals surface area contributed by atoms with Gasteiger partial charge >= 0.3 is 5.97 Å². The lowest BCUT2D eigenvalue weighted by Gasteiger charge is -2.11. The van der Waals surface area contributed by atoms with Crippen LogP contribution in [0.2, 0.25) is 0 Å². The molecule has 2 amide bonds. The third kappa shape index (κ3) is 2.08. The quantitative estimate of drug-likeness (QED) is 0.859. The maximum Gasteiger partial charge on any atom is 0.381 e. The topological polar surface area (TPSA) is 92.4 Å². The van der Waals surface area contributed by atoms with Gasteiger partial charge in [0, 0.05) is 6.42 Å². The molecule has 0 aliphatic carbocycles. The minimum atomic E-state index is -0.836. The number of amides is 2. The Labute approximate surface area is 119 Å². The van der Waals surface area contributed by atoms with Gasteiger partial charge in [0.2, 0.25) is 0 Å². The highest BCUT2D eigenvalue weighted by molar-refractivity contribution is 6.21. The van der Waals surface area contributed by atoms with Gasteiger partial charge in [-0.05, 0) is 12.1 Å². The van der Waals surface area contributed by atoms with Crippen molar-refractivity contribution < 1.29 is 19.2 Å². The molecular weight excluding hydrogens is 274 g/mol. The first-order valence-electron chi connectivity index (χ1n) is 6.35. The van der Waals surface area contributed by atoms with Gasteiger partial charge in [-0.25, -0.2) is 9.78 Å². The van der Waals surface area contributed by atoms with E-state index in [4.69, 9.17) is 4.84 Å². The second-order valence-corrected chi connectivity index (χ2v) is 4.43. The van der Waals surface area contributed by atoms with E-state index in [2.05, 4.69) is 9.97 Å². The van der Waals surface area contributed by atoms with E-state index in [1.54, 1.807) is 12.1 Å². The number of fused-ring (bicyclic) bond motifs is 1. The maximum absolute atomic E-state index is 12.0. The zero-order valence-electron chi connectivity index (χ0n) is 11.1. The molecule has 0 unspecified atom stereocenters. The lowest BCUT2D eigenvalue weighted by atomic mass is 10.1. The first kappa shape index (κ1) is 13.0. The summed E-state index contributed by atoms with van der Waals surface area (Å²) in [6, 6.07) is 6.29. The summed E-state index contributed by atoms with van der Waals surface area (Å²) in [4.78, 5) is 47.6. The molecule has 2 aromatic rings. The first-order valence-corrected chi connectivity index (χ1v) is 6.35. The molecule has 1 aromatic carbocycles. The number of aryl methyl sites for hydroxylation is 1. The van der Waals surface area contributed by atoms with Crippen LogP contribution >= 0.6 is 0 Å². The number of imidazole rings is 1. The van der Waals surface area contributed by atoms with Gasteiger partial charge in [0.15, 0.2) is 0 Å². The third-order valence-corrected chi connectivity index (χ3v) is 3.11. The van der Waals surface area contributed by atoms with E-state index in [1.165, 1.54) is 18.3 Å². The molecule has 3 rings (SSSR count). The van der Waals surface area contributed by atoms with Crippen LogP contribution in [0.3, 0.4) is 0 Å². The van der Waals surface area contributed by atoms with Crippen molar-refractivity contribution >= 4 is 17.8 Å². The predicted octanol–water partition coefficient (Wildman–Crippen LogP) is 1.34. The Morgan fingerprint density at radius 1 is 1.24 bits per heavy atom. The van der Waals surface area contributed by atoms with Crippen molar-refractivity contribution in [2.45, 2.75) is 13.3 Å². The van der Waals surface area contributed by atoms with Gasteiger partial charge in [0.1, 0.15) is 11.5 Å². The highest BCUT2D eigenvalue weighted by atomic mass is 16.7. The molecule has 1 aromatic heterocycles. The predicted molar refractivity (Wildman–Crippen MR) is 70.3 cm³/mol. The van der Waals surface area contributed by atoms with E-state index < -0.39 is 17.8 Å². The van der Waals surface area contributed by atoms with Gasteiger partial charge in [-0.2, -0.15) is 0 Å². The molecule has 0 saturated heterocycles. The SMILES string of the molecule is CCc1ncc(C(=O)ON2C(=O)c3ccccc3C2=O)[nH]1. The second-order valence-electron chi connectivity index (χ2n) is 4.43. The van der Waals surface area contributed by atoms with Crippen LogP contribution in [-0.2, 0) is 11.3 Å². The molecule has 7 heteroatoms. The number of aromatic amines is 1. The van der Waals surface area contributed by atoms with Gasteiger partial charge in [0.05, 0.1) is 17.3 Å². The number of nitrogens with zero attached hydrogens (tertiary/aromatic N) is 2. The zero-order chi connectivity index (χ0) is 15.0. The van der Waals surface area contributed by atoms with Crippen LogP contribution < -0.4 is 0 Å². The van der Waals surface area contributed by atoms with E-state index in [9.17, 15) is 14.4 Å². The van der Waals surface area contributed by atoms with Gasteiger partial charge in [0.25, 0.3) is 11.8 Å². The summed E-state index contributed by atoms with van der Waals surface area (Å²) in [5.41, 5.74) is 0.520. The van der Waals surface area contributed by atoms with Crippen molar-refractivity contribution in [3.05, 3.63) is 53.1 Å². The van der Waals surface area contributed by atoms with Crippen LogP contribution in [0.4, 0.5) is 0 Å². The van der Waals surface area contributed by atoms with Crippen LogP contribution in [-0.4, -0.2) is 32.8 Å². The number of rotatable bonds is 3. The van der Waals surface area contributed by atoms with Crippen molar-refractivity contribution in [1.82, 2.24) is 15.0 Å². The number of hydrogen-bond donors (Lipinski definition) is 1. The van der Waals surface area contributed by atoms with E-state index in [0.717, 1.165) is 0 Å². The Morgan fingerprint density at radius 3 is 2.38 bits per heavy atom. The van der Waals surface area contributed by atoms with Crippen molar-refractivity contribution in [3.63, 3.8) is 0 Å². The fourth-order valence-electron chi connectivity index (χ4n) is 2.03. The lowest BCUT2D eigenvalue weighted by Crippen LogP contribution is -2.32. The largest absolute Gasteiger partial charge is 0.381 e. The standard InChI is InChI=1S/C14H11N3O4/c1-2-11-15-7-10(16-11)14(20)21-17-12(18)8-5-3-4-6-9(8)13(17)19/h3-7H,2H2,1H3,(H,15,16). The van der Waals surface area contributed by atoms with E-state index in [0.29, 0.717) is 17.3 Å². The molecule has 106 valence electrons. The normalized spacial score (nSPS) is 13.5. The summed E-state index contributed by atoms with van der Waals surface area (Å²) < 4.78 is 0. The van der Waals surface area contributed by atoms with Crippen molar-refractivity contribution in [3.8, 4) is 0 Å². The highest BCUT2D eigenvalue weighted by Gasteiger charge is 2.38. The summed E-state index contributed by atoms with van der Waals surface area (Å²) in [5, 5.41) is 0.472. The Balaban J connectivity index is 1.82. The smallest absolute Gasteiger partial charge is 0.336 e. The molecule has 21 heavy (non-hydrogen) atoms. The monoisotopic (exact) mass is 285 g/mol. The summed E-state index contributed by atoms with van der Waals surface area (Å²) >= 11 is 0. The van der Waals surface area contributed by atoms with Gasteiger partial charge in [-0.1, -0.05) is 24.1 Å². The lowest BCUT2D eigenvalue weighted by molar-refractivity contribution is -0.0588. The number of benzene rings is 1. The molecule has 1 N–H and O–H groups in total. The Hall–Kier alpha value is -2.96. The zero-order valence-corrected chi connectivity index (χ0v) is 11.1. The molecule has 0 bridgehead atoms. The molecule has 0 atom stereocenters. The third-order valence-electron chi connectivity index (χ3n) is 3.11. The average molecular weight is 285 g/mol. The van der Waals surface area contributed by atoms with E-state index >= 15 is 0 Å². The summed E-state index contributed by atoms with van der Waals surface area (Å²) in [5.74, 6) is -1.53. The van der Waals surface area contributed by atoms with Crippen molar-refractivity contribution in [2.24, 2.45) is 0 Å². The van der Waals surface area contributed by atoms with Crippen LogP contribution in [0.15, 0.2) is 30.5 Å². The number of carbonyl (C=O) groups is 3. The molecule has 7 nitrogen and oxygen atoms in total. The molecule has 0 spiro atoms. The average Bonchev–Trinajstić information content (AvgIpc) is 3.07. The number of H-pyrrole nitrogens is 1. The highest BCUT2D eigenvalue weighted by Crippen LogP contribution is 2.23. The Kier molecular flexibility index (Phi) is 3.02. The summed E-state index contributed by atoms with van der Waals surface area (Å²) in [6.07, 6.45) is 1.93. The van der Waals surface area contributed by atoms with E-state index in [-0.39, 0.29) is 16.8 Å². The van der Waals surface area contributed by atoms with Gasteiger partial charge in [-0.15, -0.1) is 0 Å². The van der Waals surface area contributed by atoms with Crippen LogP contribution in [0, 0.1) is 0 Å². The number of nitrogens with one attached hydrogen (secondary N) is 1. The van der Waals surface area contributed by atoms with Crippen LogP contribution in [0.1, 0.15) is 44.0 Å². The number of carbonyl (C=O) groups excluding carboxylic acids is 3. The van der Waals surface area contributed by atoms with Gasteiger partial charge in [-0.3, -0.25) is 9.59 Å². The van der Waals surface area contributed by atoms with Crippen LogP contribution in [0.5, 0.6) is 0 Å². The van der Waals surface area contributed by atoms with E-state index in [1.807, 2.05) is 6.92 Å². The number of hydrogen-bond acceptors (Lipinski definition) is 5. The fourth-order valence-corrected chi connectivity index (χ4v) is 2.03. The number of hydroxylamine groups is 2. The summed E-state index contributed by atoms with van der Waals surface area (Å²) in [7, 11) is 0. The van der Waals surface area contributed by atoms with Crippen LogP contribution in [0.25, 0.3) is 0 Å². The van der Waals surface area contributed by atoms with Crippen molar-refractivity contribution in [2.75, 3.05) is 0 Å². The molecule has 2 heterocycles.